The molecule has 0 spiro atoms. The number of aryl methyl sites for hydroxylation is 1. The standard InChI is InChI=1S/C24H24ClN5O3S/c1-3-33-23(32)16-13-28(2)19-12-20(17(26)11-15(19)22(16)31)29-6-8-30(9-7-29)24-27-18-10-14(25)4-5-21(18)34-24/h4-5,10-13H,3,6-9,26H2,1-2H3. The number of hydrogen-bond acceptors (Lipinski definition) is 8. The fraction of sp³-hybridized carbons (Fsp3) is 0.292. The number of esters is 1. The number of rotatable bonds is 4. The van der Waals surface area contributed by atoms with E-state index in [1.165, 1.54) is 6.20 Å². The number of fused-ring (bicyclic) bond motifs is 2. The van der Waals surface area contributed by atoms with Crippen molar-refractivity contribution in [2.24, 2.45) is 7.05 Å². The van der Waals surface area contributed by atoms with Gasteiger partial charge in [-0.15, -0.1) is 0 Å². The Bertz CT molecular complexity index is 1470. The fourth-order valence-corrected chi connectivity index (χ4v) is 5.49. The number of aromatic nitrogens is 2. The number of nitrogen functional groups attached to an aromatic ring is 1. The van der Waals surface area contributed by atoms with E-state index >= 15 is 0 Å². The molecule has 8 nitrogen and oxygen atoms in total. The second-order valence-electron chi connectivity index (χ2n) is 8.21. The molecule has 0 saturated carbocycles. The lowest BCUT2D eigenvalue weighted by molar-refractivity contribution is 0.0524. The minimum atomic E-state index is -0.624. The number of thiazole rings is 1. The fourth-order valence-electron chi connectivity index (χ4n) is 4.32. The summed E-state index contributed by atoms with van der Waals surface area (Å²) < 4.78 is 7.91. The van der Waals surface area contributed by atoms with Crippen molar-refractivity contribution in [2.45, 2.75) is 6.92 Å². The van der Waals surface area contributed by atoms with E-state index in [9.17, 15) is 9.59 Å². The molecule has 2 aromatic heterocycles. The van der Waals surface area contributed by atoms with Crippen molar-refractivity contribution in [1.82, 2.24) is 9.55 Å². The second kappa shape index (κ2) is 8.81. The molecule has 0 bridgehead atoms. The van der Waals surface area contributed by atoms with Gasteiger partial charge in [0.15, 0.2) is 5.13 Å². The Morgan fingerprint density at radius 2 is 1.91 bits per heavy atom. The van der Waals surface area contributed by atoms with Gasteiger partial charge in [0, 0.05) is 49.8 Å². The summed E-state index contributed by atoms with van der Waals surface area (Å²) >= 11 is 7.77. The van der Waals surface area contributed by atoms with Crippen LogP contribution in [0.5, 0.6) is 0 Å². The summed E-state index contributed by atoms with van der Waals surface area (Å²) in [7, 11) is 1.81. The van der Waals surface area contributed by atoms with Crippen molar-refractivity contribution in [1.29, 1.82) is 0 Å². The summed E-state index contributed by atoms with van der Waals surface area (Å²) in [5, 5.41) is 2.07. The van der Waals surface area contributed by atoms with Gasteiger partial charge in [-0.3, -0.25) is 4.79 Å². The molecule has 5 rings (SSSR count). The van der Waals surface area contributed by atoms with Gasteiger partial charge in [-0.1, -0.05) is 22.9 Å². The van der Waals surface area contributed by atoms with E-state index in [2.05, 4.69) is 9.80 Å². The molecule has 0 aliphatic carbocycles. The van der Waals surface area contributed by atoms with Gasteiger partial charge in [0.1, 0.15) is 5.56 Å². The van der Waals surface area contributed by atoms with Crippen LogP contribution in [0.2, 0.25) is 5.02 Å². The Morgan fingerprint density at radius 1 is 1.18 bits per heavy atom. The van der Waals surface area contributed by atoms with Crippen LogP contribution in [0, 0.1) is 0 Å². The highest BCUT2D eigenvalue weighted by Gasteiger charge is 2.23. The Hall–Kier alpha value is -3.30. The van der Waals surface area contributed by atoms with Crippen LogP contribution in [-0.2, 0) is 11.8 Å². The van der Waals surface area contributed by atoms with E-state index in [1.807, 2.05) is 31.3 Å². The molecular weight excluding hydrogens is 474 g/mol. The van der Waals surface area contributed by atoms with E-state index in [0.29, 0.717) is 21.6 Å². The molecule has 1 saturated heterocycles. The molecule has 1 fully saturated rings. The minimum absolute atomic E-state index is 0.00902. The van der Waals surface area contributed by atoms with Gasteiger partial charge in [-0.25, -0.2) is 9.78 Å². The molecule has 1 aliphatic rings. The number of piperazine rings is 1. The zero-order chi connectivity index (χ0) is 24.0. The number of carbonyl (C=O) groups is 1. The number of nitrogens with zero attached hydrogens (tertiary/aromatic N) is 4. The van der Waals surface area contributed by atoms with Crippen LogP contribution in [0.15, 0.2) is 41.3 Å². The smallest absolute Gasteiger partial charge is 0.343 e. The Labute approximate surface area is 205 Å². The molecule has 2 N–H and O–H groups in total. The Kier molecular flexibility index (Phi) is 5.83. The Morgan fingerprint density at radius 3 is 2.65 bits per heavy atom. The molecule has 0 unspecified atom stereocenters. The number of carbonyl (C=O) groups excluding carboxylic acids is 1. The number of pyridine rings is 1. The molecule has 3 heterocycles. The number of benzene rings is 2. The number of nitrogens with two attached hydrogens (primary N) is 1. The van der Waals surface area contributed by atoms with Crippen LogP contribution in [0.1, 0.15) is 17.3 Å². The van der Waals surface area contributed by atoms with Crippen LogP contribution in [-0.4, -0.2) is 48.3 Å². The van der Waals surface area contributed by atoms with Gasteiger partial charge < -0.3 is 24.8 Å². The normalized spacial score (nSPS) is 14.2. The maximum Gasteiger partial charge on any atom is 0.343 e. The predicted octanol–water partition coefficient (Wildman–Crippen LogP) is 3.89. The van der Waals surface area contributed by atoms with Gasteiger partial charge in [0.2, 0.25) is 5.43 Å². The lowest BCUT2D eigenvalue weighted by Gasteiger charge is -2.36. The zero-order valence-corrected chi connectivity index (χ0v) is 20.4. The first kappa shape index (κ1) is 22.5. The molecule has 34 heavy (non-hydrogen) atoms. The van der Waals surface area contributed by atoms with Crippen LogP contribution in [0.3, 0.4) is 0 Å². The summed E-state index contributed by atoms with van der Waals surface area (Å²) in [4.78, 5) is 34.4. The second-order valence-corrected chi connectivity index (χ2v) is 9.66. The molecule has 176 valence electrons. The number of ether oxygens (including phenoxy) is 1. The third-order valence-electron chi connectivity index (χ3n) is 6.06. The van der Waals surface area contributed by atoms with Crippen molar-refractivity contribution < 1.29 is 9.53 Å². The van der Waals surface area contributed by atoms with Crippen molar-refractivity contribution >= 4 is 66.5 Å². The maximum atomic E-state index is 12.9. The quantitative estimate of drug-likeness (QED) is 0.337. The first-order valence-corrected chi connectivity index (χ1v) is 12.2. The molecule has 4 aromatic rings. The number of halogens is 1. The predicted molar refractivity (Wildman–Crippen MR) is 139 cm³/mol. The first-order valence-electron chi connectivity index (χ1n) is 11.0. The van der Waals surface area contributed by atoms with Crippen molar-refractivity contribution in [3.8, 4) is 0 Å². The highest BCUT2D eigenvalue weighted by atomic mass is 35.5. The third kappa shape index (κ3) is 3.95. The van der Waals surface area contributed by atoms with E-state index in [0.717, 1.165) is 47.2 Å². The lowest BCUT2D eigenvalue weighted by atomic mass is 10.1. The SMILES string of the molecule is CCOC(=O)c1cn(C)c2cc(N3CCN(c4nc5cc(Cl)ccc5s4)CC3)c(N)cc2c1=O. The third-order valence-corrected chi connectivity index (χ3v) is 7.39. The summed E-state index contributed by atoms with van der Waals surface area (Å²) in [5.41, 5.74) is 9.04. The van der Waals surface area contributed by atoms with E-state index in [1.54, 1.807) is 28.9 Å². The van der Waals surface area contributed by atoms with Gasteiger partial charge in [-0.2, -0.15) is 0 Å². The van der Waals surface area contributed by atoms with Crippen molar-refractivity contribution in [2.75, 3.05) is 48.3 Å². The number of hydrogen-bond donors (Lipinski definition) is 1. The first-order chi connectivity index (χ1) is 16.4. The molecule has 2 aromatic carbocycles. The summed E-state index contributed by atoms with van der Waals surface area (Å²) in [5.74, 6) is -0.624. The van der Waals surface area contributed by atoms with Crippen molar-refractivity contribution in [3.63, 3.8) is 0 Å². The zero-order valence-electron chi connectivity index (χ0n) is 18.9. The summed E-state index contributed by atoms with van der Waals surface area (Å²) in [6.45, 7) is 5.04. The van der Waals surface area contributed by atoms with Crippen LogP contribution < -0.4 is 21.0 Å². The molecular formula is C24H24ClN5O3S. The highest BCUT2D eigenvalue weighted by Crippen LogP contribution is 2.33. The summed E-state index contributed by atoms with van der Waals surface area (Å²) in [6.07, 6.45) is 1.53. The average Bonchev–Trinajstić information content (AvgIpc) is 3.24. The summed E-state index contributed by atoms with van der Waals surface area (Å²) in [6, 6.07) is 9.37. The highest BCUT2D eigenvalue weighted by molar-refractivity contribution is 7.22. The molecule has 0 atom stereocenters. The monoisotopic (exact) mass is 497 g/mol. The van der Waals surface area contributed by atoms with Gasteiger partial charge >= 0.3 is 5.97 Å². The molecule has 1 aliphatic heterocycles. The topological polar surface area (TPSA) is 93.7 Å². The largest absolute Gasteiger partial charge is 0.462 e. The van der Waals surface area contributed by atoms with Gasteiger partial charge in [-0.05, 0) is 37.3 Å². The van der Waals surface area contributed by atoms with Gasteiger partial charge in [0.25, 0.3) is 0 Å². The van der Waals surface area contributed by atoms with Crippen LogP contribution in [0.4, 0.5) is 16.5 Å². The number of anilines is 3. The van der Waals surface area contributed by atoms with Crippen LogP contribution >= 0.6 is 22.9 Å². The maximum absolute atomic E-state index is 12.9. The molecule has 0 radical (unpaired) electrons. The Balaban J connectivity index is 1.40. The van der Waals surface area contributed by atoms with Crippen molar-refractivity contribution in [3.05, 3.63) is 57.3 Å². The minimum Gasteiger partial charge on any atom is -0.462 e. The van der Waals surface area contributed by atoms with E-state index in [-0.39, 0.29) is 17.6 Å². The van der Waals surface area contributed by atoms with Gasteiger partial charge in [0.05, 0.1) is 33.7 Å². The molecule has 10 heteroatoms. The van der Waals surface area contributed by atoms with E-state index in [4.69, 9.17) is 27.1 Å². The molecule has 0 amide bonds. The average molecular weight is 498 g/mol. The van der Waals surface area contributed by atoms with Crippen LogP contribution in [0.25, 0.3) is 21.1 Å². The lowest BCUT2D eigenvalue weighted by Crippen LogP contribution is -2.46. The van der Waals surface area contributed by atoms with E-state index < -0.39 is 5.97 Å².